The second-order valence-corrected chi connectivity index (χ2v) is 3.82. The lowest BCUT2D eigenvalue weighted by molar-refractivity contribution is 0.0935. The molecule has 2 N–H and O–H groups in total. The van der Waals surface area contributed by atoms with E-state index in [4.69, 9.17) is 4.74 Å². The van der Waals surface area contributed by atoms with Crippen molar-refractivity contribution in [2.75, 3.05) is 7.11 Å². The van der Waals surface area contributed by atoms with E-state index >= 15 is 0 Å². The van der Waals surface area contributed by atoms with E-state index in [9.17, 15) is 4.79 Å². The third kappa shape index (κ3) is 2.65. The van der Waals surface area contributed by atoms with Crippen LogP contribution in [0.15, 0.2) is 30.5 Å². The Morgan fingerprint density at radius 2 is 2.11 bits per heavy atom. The van der Waals surface area contributed by atoms with Gasteiger partial charge in [0.1, 0.15) is 5.75 Å². The SMILES string of the molecule is COc1ccc(C(C)NC(=O)c2cn[nH]n2)cc1. The predicted molar refractivity (Wildman–Crippen MR) is 65.3 cm³/mol. The van der Waals surface area contributed by atoms with Crippen molar-refractivity contribution in [1.29, 1.82) is 0 Å². The van der Waals surface area contributed by atoms with Gasteiger partial charge in [-0.3, -0.25) is 4.79 Å². The zero-order valence-electron chi connectivity index (χ0n) is 10.2. The summed E-state index contributed by atoms with van der Waals surface area (Å²) in [5.74, 6) is 0.529. The zero-order valence-corrected chi connectivity index (χ0v) is 10.2. The highest BCUT2D eigenvalue weighted by Gasteiger charge is 2.13. The second kappa shape index (κ2) is 5.31. The molecule has 1 aromatic carbocycles. The lowest BCUT2D eigenvalue weighted by atomic mass is 10.1. The Balaban J connectivity index is 2.02. The van der Waals surface area contributed by atoms with Gasteiger partial charge in [-0.2, -0.15) is 15.4 Å². The number of amides is 1. The van der Waals surface area contributed by atoms with Crippen LogP contribution in [-0.2, 0) is 0 Å². The van der Waals surface area contributed by atoms with Crippen LogP contribution in [0.4, 0.5) is 0 Å². The molecule has 6 heteroatoms. The van der Waals surface area contributed by atoms with E-state index < -0.39 is 0 Å². The molecule has 0 radical (unpaired) electrons. The minimum Gasteiger partial charge on any atom is -0.497 e. The predicted octanol–water partition coefficient (Wildman–Crippen LogP) is 1.30. The molecule has 0 aliphatic heterocycles. The number of hydrogen-bond acceptors (Lipinski definition) is 4. The summed E-state index contributed by atoms with van der Waals surface area (Å²) in [7, 11) is 1.62. The van der Waals surface area contributed by atoms with E-state index in [2.05, 4.69) is 20.7 Å². The molecule has 0 aliphatic carbocycles. The van der Waals surface area contributed by atoms with E-state index in [0.717, 1.165) is 11.3 Å². The van der Waals surface area contributed by atoms with Gasteiger partial charge in [0.05, 0.1) is 19.3 Å². The van der Waals surface area contributed by atoms with Crippen LogP contribution >= 0.6 is 0 Å². The molecule has 0 saturated carbocycles. The van der Waals surface area contributed by atoms with Gasteiger partial charge in [-0.05, 0) is 24.6 Å². The maximum atomic E-state index is 11.8. The van der Waals surface area contributed by atoms with Gasteiger partial charge in [0.25, 0.3) is 5.91 Å². The minimum atomic E-state index is -0.257. The molecule has 1 amide bonds. The van der Waals surface area contributed by atoms with Crippen molar-refractivity contribution in [3.63, 3.8) is 0 Å². The molecule has 1 aromatic heterocycles. The van der Waals surface area contributed by atoms with Crippen LogP contribution in [0.5, 0.6) is 5.75 Å². The molecule has 0 spiro atoms. The Hall–Kier alpha value is -2.37. The molecular formula is C12H14N4O2. The van der Waals surface area contributed by atoms with E-state index in [1.807, 2.05) is 31.2 Å². The summed E-state index contributed by atoms with van der Waals surface area (Å²) in [5, 5.41) is 12.5. The average molecular weight is 246 g/mol. The summed E-state index contributed by atoms with van der Waals surface area (Å²) in [6, 6.07) is 7.42. The lowest BCUT2D eigenvalue weighted by Gasteiger charge is -2.13. The van der Waals surface area contributed by atoms with Crippen molar-refractivity contribution in [1.82, 2.24) is 20.7 Å². The van der Waals surface area contributed by atoms with Gasteiger partial charge in [-0.25, -0.2) is 0 Å². The van der Waals surface area contributed by atoms with Gasteiger partial charge in [0.15, 0.2) is 5.69 Å². The molecular weight excluding hydrogens is 232 g/mol. The van der Waals surface area contributed by atoms with Crippen LogP contribution in [-0.4, -0.2) is 28.4 Å². The first kappa shape index (κ1) is 12.1. The number of H-pyrrole nitrogens is 1. The smallest absolute Gasteiger partial charge is 0.273 e. The molecule has 6 nitrogen and oxygen atoms in total. The normalized spacial score (nSPS) is 11.9. The van der Waals surface area contributed by atoms with Crippen molar-refractivity contribution < 1.29 is 9.53 Å². The Kier molecular flexibility index (Phi) is 3.57. The minimum absolute atomic E-state index is 0.111. The van der Waals surface area contributed by atoms with Crippen LogP contribution in [0.2, 0.25) is 0 Å². The number of aromatic amines is 1. The Morgan fingerprint density at radius 1 is 1.39 bits per heavy atom. The van der Waals surface area contributed by atoms with Crippen molar-refractivity contribution in [3.8, 4) is 5.75 Å². The van der Waals surface area contributed by atoms with Crippen LogP contribution in [0, 0.1) is 0 Å². The van der Waals surface area contributed by atoms with Gasteiger partial charge in [-0.1, -0.05) is 12.1 Å². The Morgan fingerprint density at radius 3 is 2.67 bits per heavy atom. The highest BCUT2D eigenvalue weighted by Crippen LogP contribution is 2.17. The number of carbonyl (C=O) groups excluding carboxylic acids is 1. The van der Waals surface area contributed by atoms with Crippen molar-refractivity contribution in [3.05, 3.63) is 41.7 Å². The molecule has 1 unspecified atom stereocenters. The van der Waals surface area contributed by atoms with E-state index in [1.54, 1.807) is 7.11 Å². The maximum Gasteiger partial charge on any atom is 0.273 e. The monoisotopic (exact) mass is 246 g/mol. The second-order valence-electron chi connectivity index (χ2n) is 3.82. The molecule has 0 aliphatic rings. The van der Waals surface area contributed by atoms with E-state index in [0.29, 0.717) is 0 Å². The summed E-state index contributed by atoms with van der Waals surface area (Å²) in [6.45, 7) is 1.90. The number of methoxy groups -OCH3 is 1. The fourth-order valence-corrected chi connectivity index (χ4v) is 1.56. The third-order valence-corrected chi connectivity index (χ3v) is 2.61. The number of ether oxygens (including phenoxy) is 1. The molecule has 0 fully saturated rings. The van der Waals surface area contributed by atoms with Crippen LogP contribution in [0.3, 0.4) is 0 Å². The van der Waals surface area contributed by atoms with Crippen LogP contribution in [0.1, 0.15) is 29.0 Å². The summed E-state index contributed by atoms with van der Waals surface area (Å²) in [6.07, 6.45) is 1.38. The number of nitrogens with zero attached hydrogens (tertiary/aromatic N) is 2. The first-order chi connectivity index (χ1) is 8.70. The molecule has 18 heavy (non-hydrogen) atoms. The first-order valence-electron chi connectivity index (χ1n) is 5.51. The zero-order chi connectivity index (χ0) is 13.0. The number of nitrogens with one attached hydrogen (secondary N) is 2. The number of aromatic nitrogens is 3. The highest BCUT2D eigenvalue weighted by atomic mass is 16.5. The maximum absolute atomic E-state index is 11.8. The third-order valence-electron chi connectivity index (χ3n) is 2.61. The largest absolute Gasteiger partial charge is 0.497 e. The van der Waals surface area contributed by atoms with Gasteiger partial charge in [-0.15, -0.1) is 0 Å². The number of benzene rings is 1. The standard InChI is InChI=1S/C12H14N4O2/c1-8(9-3-5-10(18-2)6-4-9)14-12(17)11-7-13-16-15-11/h3-8H,1-2H3,(H,14,17)(H,13,15,16). The van der Waals surface area contributed by atoms with Gasteiger partial charge >= 0.3 is 0 Å². The van der Waals surface area contributed by atoms with Gasteiger partial charge in [0, 0.05) is 0 Å². The molecule has 0 bridgehead atoms. The Bertz CT molecular complexity index is 507. The molecule has 2 aromatic rings. The summed E-state index contributed by atoms with van der Waals surface area (Å²) in [5.41, 5.74) is 1.27. The number of carbonyl (C=O) groups is 1. The fourth-order valence-electron chi connectivity index (χ4n) is 1.56. The van der Waals surface area contributed by atoms with Crippen molar-refractivity contribution in [2.24, 2.45) is 0 Å². The lowest BCUT2D eigenvalue weighted by Crippen LogP contribution is -2.26. The quantitative estimate of drug-likeness (QED) is 0.852. The summed E-state index contributed by atoms with van der Waals surface area (Å²) in [4.78, 5) is 11.8. The van der Waals surface area contributed by atoms with Crippen LogP contribution in [0.25, 0.3) is 0 Å². The molecule has 1 atom stereocenters. The number of rotatable bonds is 4. The van der Waals surface area contributed by atoms with Gasteiger partial charge < -0.3 is 10.1 Å². The van der Waals surface area contributed by atoms with E-state index in [-0.39, 0.29) is 17.6 Å². The highest BCUT2D eigenvalue weighted by molar-refractivity contribution is 5.92. The Labute approximate surface area is 104 Å². The number of hydrogen-bond donors (Lipinski definition) is 2. The summed E-state index contributed by atoms with van der Waals surface area (Å²) < 4.78 is 5.08. The summed E-state index contributed by atoms with van der Waals surface area (Å²) >= 11 is 0. The van der Waals surface area contributed by atoms with E-state index in [1.165, 1.54) is 6.20 Å². The first-order valence-corrected chi connectivity index (χ1v) is 5.51. The van der Waals surface area contributed by atoms with Gasteiger partial charge in [0.2, 0.25) is 0 Å². The average Bonchev–Trinajstić information content (AvgIpc) is 2.92. The topological polar surface area (TPSA) is 79.9 Å². The molecule has 1 heterocycles. The molecule has 2 rings (SSSR count). The van der Waals surface area contributed by atoms with Crippen molar-refractivity contribution in [2.45, 2.75) is 13.0 Å². The van der Waals surface area contributed by atoms with Crippen molar-refractivity contribution >= 4 is 5.91 Å². The van der Waals surface area contributed by atoms with Crippen LogP contribution < -0.4 is 10.1 Å². The molecule has 94 valence electrons. The fraction of sp³-hybridized carbons (Fsp3) is 0.250. The molecule has 0 saturated heterocycles.